The summed E-state index contributed by atoms with van der Waals surface area (Å²) in [6.07, 6.45) is 7.98. The highest BCUT2D eigenvalue weighted by Crippen LogP contribution is 2.31. The zero-order valence-electron chi connectivity index (χ0n) is 19.9. The first kappa shape index (κ1) is 23.3. The Morgan fingerprint density at radius 1 is 1.26 bits per heavy atom. The topological polar surface area (TPSA) is 135 Å². The number of hydrogen-bond donors (Lipinski definition) is 4. The standard InChI is InChI=1S/C24H31N7O4/c1-25-21-12-20(28-17-7-4-10-30(24(17)34)18-8-9-19(18)32)29-22-16(13-26-31(21)22)23(33)27-14-5-3-6-15(11-14)35-2/h4,7,10,12-15,18-19,25,32H,3,5-6,8-9,11H2,1-2H3,(H,27,33)(H,28,29)/t14?,15-,18+,19+/m0/s1. The lowest BCUT2D eigenvalue weighted by Gasteiger charge is -2.34. The average Bonchev–Trinajstić information content (AvgIpc) is 3.29. The van der Waals surface area contributed by atoms with Crippen LogP contribution in [0.1, 0.15) is 54.9 Å². The maximum Gasteiger partial charge on any atom is 0.274 e. The molecule has 2 aliphatic rings. The quantitative estimate of drug-likeness (QED) is 0.403. The van der Waals surface area contributed by atoms with Gasteiger partial charge in [-0.1, -0.05) is 0 Å². The highest BCUT2D eigenvalue weighted by atomic mass is 16.5. The molecule has 0 saturated heterocycles. The van der Waals surface area contributed by atoms with E-state index in [9.17, 15) is 14.7 Å². The van der Waals surface area contributed by atoms with Crippen LogP contribution in [0.25, 0.3) is 5.65 Å². The number of aliphatic hydroxyl groups excluding tert-OH is 1. The van der Waals surface area contributed by atoms with Crippen molar-refractivity contribution in [2.45, 2.75) is 62.8 Å². The molecule has 2 saturated carbocycles. The third-order valence-electron chi connectivity index (χ3n) is 7.06. The Morgan fingerprint density at radius 3 is 2.83 bits per heavy atom. The fraction of sp³-hybridized carbons (Fsp3) is 0.500. The van der Waals surface area contributed by atoms with Crippen LogP contribution in [0.5, 0.6) is 0 Å². The number of amides is 1. The lowest BCUT2D eigenvalue weighted by molar-refractivity contribution is 0.0300. The number of nitrogens with zero attached hydrogens (tertiary/aromatic N) is 4. The second-order valence-electron chi connectivity index (χ2n) is 9.24. The van der Waals surface area contributed by atoms with Crippen LogP contribution < -0.4 is 21.5 Å². The van der Waals surface area contributed by atoms with E-state index in [4.69, 9.17) is 4.74 Å². The molecule has 0 aliphatic heterocycles. The molecule has 4 atom stereocenters. The first-order valence-electron chi connectivity index (χ1n) is 12.0. The first-order chi connectivity index (χ1) is 17.0. The number of fused-ring (bicyclic) bond motifs is 1. The zero-order chi connectivity index (χ0) is 24.5. The fourth-order valence-electron chi connectivity index (χ4n) is 4.91. The minimum atomic E-state index is -0.510. The molecule has 11 heteroatoms. The molecule has 4 N–H and O–H groups in total. The van der Waals surface area contributed by atoms with Gasteiger partial charge in [0.1, 0.15) is 22.9 Å². The maximum atomic E-state index is 13.1. The number of carbonyl (C=O) groups excluding carboxylic acids is 1. The molecule has 3 aromatic rings. The predicted octanol–water partition coefficient (Wildman–Crippen LogP) is 2.06. The van der Waals surface area contributed by atoms with Gasteiger partial charge in [-0.25, -0.2) is 4.98 Å². The van der Waals surface area contributed by atoms with Crippen LogP contribution in [0.4, 0.5) is 17.3 Å². The number of pyridine rings is 1. The molecular formula is C24H31N7O4. The van der Waals surface area contributed by atoms with Crippen LogP contribution in [0.3, 0.4) is 0 Å². The molecular weight excluding hydrogens is 450 g/mol. The molecule has 5 rings (SSSR count). The van der Waals surface area contributed by atoms with Crippen molar-refractivity contribution < 1.29 is 14.6 Å². The Morgan fingerprint density at radius 2 is 2.11 bits per heavy atom. The summed E-state index contributed by atoms with van der Waals surface area (Å²) >= 11 is 0. The lowest BCUT2D eigenvalue weighted by Crippen LogP contribution is -2.40. The van der Waals surface area contributed by atoms with Gasteiger partial charge in [-0.3, -0.25) is 9.59 Å². The van der Waals surface area contributed by atoms with Crippen molar-refractivity contribution in [1.82, 2.24) is 24.5 Å². The monoisotopic (exact) mass is 481 g/mol. The van der Waals surface area contributed by atoms with Crippen molar-refractivity contribution in [1.29, 1.82) is 0 Å². The molecule has 1 amide bonds. The van der Waals surface area contributed by atoms with E-state index < -0.39 is 6.10 Å². The first-order valence-corrected chi connectivity index (χ1v) is 12.0. The molecule has 2 fully saturated rings. The lowest BCUT2D eigenvalue weighted by atomic mass is 9.89. The van der Waals surface area contributed by atoms with Gasteiger partial charge in [0.2, 0.25) is 0 Å². The number of rotatable bonds is 7. The molecule has 11 nitrogen and oxygen atoms in total. The summed E-state index contributed by atoms with van der Waals surface area (Å²) in [6.45, 7) is 0. The maximum absolute atomic E-state index is 13.1. The van der Waals surface area contributed by atoms with E-state index in [0.717, 1.165) is 32.1 Å². The Balaban J connectivity index is 1.43. The highest BCUT2D eigenvalue weighted by Gasteiger charge is 2.31. The van der Waals surface area contributed by atoms with Crippen molar-refractivity contribution >= 4 is 28.9 Å². The van der Waals surface area contributed by atoms with Gasteiger partial charge in [0.05, 0.1) is 24.4 Å². The highest BCUT2D eigenvalue weighted by molar-refractivity contribution is 6.00. The summed E-state index contributed by atoms with van der Waals surface area (Å²) in [6, 6.07) is 4.98. The Bertz CT molecular complexity index is 1290. The van der Waals surface area contributed by atoms with Crippen LogP contribution in [-0.4, -0.2) is 62.6 Å². The fourth-order valence-corrected chi connectivity index (χ4v) is 4.91. The van der Waals surface area contributed by atoms with Gasteiger partial charge in [0, 0.05) is 32.5 Å². The van der Waals surface area contributed by atoms with E-state index >= 15 is 0 Å². The summed E-state index contributed by atoms with van der Waals surface area (Å²) in [5, 5.41) is 23.6. The summed E-state index contributed by atoms with van der Waals surface area (Å²) in [5.74, 6) is 0.770. The number of methoxy groups -OCH3 is 1. The van der Waals surface area contributed by atoms with Gasteiger partial charge in [-0.05, 0) is 50.7 Å². The van der Waals surface area contributed by atoms with E-state index in [1.165, 1.54) is 6.20 Å². The largest absolute Gasteiger partial charge is 0.391 e. The minimum Gasteiger partial charge on any atom is -0.391 e. The molecule has 3 heterocycles. The van der Waals surface area contributed by atoms with E-state index in [-0.39, 0.29) is 29.7 Å². The molecule has 0 bridgehead atoms. The van der Waals surface area contributed by atoms with Gasteiger partial charge < -0.3 is 30.4 Å². The molecule has 1 unspecified atom stereocenters. The summed E-state index contributed by atoms with van der Waals surface area (Å²) in [7, 11) is 3.45. The van der Waals surface area contributed by atoms with Crippen LogP contribution in [0.15, 0.2) is 35.4 Å². The second-order valence-corrected chi connectivity index (χ2v) is 9.24. The van der Waals surface area contributed by atoms with E-state index in [1.807, 2.05) is 0 Å². The Hall–Kier alpha value is -3.44. The van der Waals surface area contributed by atoms with Gasteiger partial charge >= 0.3 is 0 Å². The normalized spacial score (nSPS) is 24.1. The third-order valence-corrected chi connectivity index (χ3v) is 7.06. The summed E-state index contributed by atoms with van der Waals surface area (Å²) in [4.78, 5) is 30.8. The van der Waals surface area contributed by atoms with E-state index in [1.54, 1.807) is 47.6 Å². The van der Waals surface area contributed by atoms with Crippen molar-refractivity contribution in [3.05, 3.63) is 46.5 Å². The van der Waals surface area contributed by atoms with Gasteiger partial charge in [0.25, 0.3) is 11.5 Å². The molecule has 0 aromatic carbocycles. The Kier molecular flexibility index (Phi) is 6.44. The van der Waals surface area contributed by atoms with E-state index in [0.29, 0.717) is 35.0 Å². The predicted molar refractivity (Wildman–Crippen MR) is 131 cm³/mol. The number of aromatic nitrogens is 4. The number of hydrogen-bond acceptors (Lipinski definition) is 8. The van der Waals surface area contributed by atoms with Crippen LogP contribution in [0.2, 0.25) is 0 Å². The van der Waals surface area contributed by atoms with Crippen LogP contribution in [0, 0.1) is 0 Å². The summed E-state index contributed by atoms with van der Waals surface area (Å²) < 4.78 is 8.60. The Labute approximate surface area is 202 Å². The second kappa shape index (κ2) is 9.67. The van der Waals surface area contributed by atoms with Gasteiger partial charge in [0.15, 0.2) is 5.65 Å². The summed E-state index contributed by atoms with van der Waals surface area (Å²) in [5.41, 5.74) is 0.832. The molecule has 186 valence electrons. The van der Waals surface area contributed by atoms with Gasteiger partial charge in [-0.2, -0.15) is 9.61 Å². The van der Waals surface area contributed by atoms with Crippen molar-refractivity contribution in [2.24, 2.45) is 0 Å². The number of ether oxygens (including phenoxy) is 1. The SMILES string of the molecule is CNc1cc(Nc2cccn([C@@H]3CC[C@H]3O)c2=O)nc2c(C(=O)NC3CCC[C@H](OC)C3)cnn12. The molecule has 0 spiro atoms. The molecule has 2 aliphatic carbocycles. The zero-order valence-corrected chi connectivity index (χ0v) is 19.9. The average molecular weight is 482 g/mol. The molecule has 3 aromatic heterocycles. The number of carbonyl (C=O) groups is 1. The van der Waals surface area contributed by atoms with Crippen LogP contribution >= 0.6 is 0 Å². The minimum absolute atomic E-state index is 0.0332. The number of nitrogens with one attached hydrogen (secondary N) is 3. The van der Waals surface area contributed by atoms with Crippen LogP contribution in [-0.2, 0) is 4.74 Å². The molecule has 0 radical (unpaired) electrons. The number of aliphatic hydroxyl groups is 1. The molecule has 35 heavy (non-hydrogen) atoms. The smallest absolute Gasteiger partial charge is 0.274 e. The van der Waals surface area contributed by atoms with Crippen molar-refractivity contribution in [3.8, 4) is 0 Å². The number of anilines is 3. The van der Waals surface area contributed by atoms with Crippen molar-refractivity contribution in [2.75, 3.05) is 24.8 Å². The van der Waals surface area contributed by atoms with E-state index in [2.05, 4.69) is 26.0 Å². The third kappa shape index (κ3) is 4.48. The van der Waals surface area contributed by atoms with Crippen molar-refractivity contribution in [3.63, 3.8) is 0 Å². The van der Waals surface area contributed by atoms with Gasteiger partial charge in [-0.15, -0.1) is 0 Å².